The topological polar surface area (TPSA) is 59.6 Å². The molecule has 0 radical (unpaired) electrons. The van der Waals surface area contributed by atoms with Gasteiger partial charge in [-0.15, -0.1) is 0 Å². The average molecular weight is 302 g/mol. The normalized spacial score (nSPS) is 14.6. The summed E-state index contributed by atoms with van der Waals surface area (Å²) in [5, 5.41) is 6.24. The van der Waals surface area contributed by atoms with Crippen molar-refractivity contribution in [2.24, 2.45) is 5.92 Å². The first-order valence-corrected chi connectivity index (χ1v) is 8.02. The number of hydrogen-bond donors (Lipinski definition) is 2. The number of amides is 1. The zero-order valence-corrected chi connectivity index (χ0v) is 14.6. The summed E-state index contributed by atoms with van der Waals surface area (Å²) in [6.07, 6.45) is 1.70. The van der Waals surface area contributed by atoms with Crippen LogP contribution in [0.3, 0.4) is 0 Å². The van der Waals surface area contributed by atoms with Gasteiger partial charge in [-0.05, 0) is 53.4 Å². The van der Waals surface area contributed by atoms with Crippen LogP contribution in [0.15, 0.2) is 0 Å². The average Bonchev–Trinajstić information content (AvgIpc) is 2.32. The highest BCUT2D eigenvalue weighted by atomic mass is 16.6. The molecule has 2 unspecified atom stereocenters. The van der Waals surface area contributed by atoms with Crippen molar-refractivity contribution in [2.45, 2.75) is 66.0 Å². The second kappa shape index (κ2) is 10.9. The molecule has 21 heavy (non-hydrogen) atoms. The van der Waals surface area contributed by atoms with E-state index in [1.54, 1.807) is 0 Å². The zero-order valence-electron chi connectivity index (χ0n) is 14.6. The van der Waals surface area contributed by atoms with E-state index >= 15 is 0 Å². The van der Waals surface area contributed by atoms with E-state index in [4.69, 9.17) is 9.47 Å². The van der Waals surface area contributed by atoms with Crippen LogP contribution in [0, 0.1) is 5.92 Å². The van der Waals surface area contributed by atoms with Crippen molar-refractivity contribution in [3.8, 4) is 0 Å². The third kappa shape index (κ3) is 13.9. The Kier molecular flexibility index (Phi) is 10.4. The van der Waals surface area contributed by atoms with Crippen LogP contribution < -0.4 is 10.6 Å². The van der Waals surface area contributed by atoms with E-state index in [-0.39, 0.29) is 6.09 Å². The molecule has 5 nitrogen and oxygen atoms in total. The molecule has 126 valence electrons. The van der Waals surface area contributed by atoms with Gasteiger partial charge in [0.15, 0.2) is 0 Å². The van der Waals surface area contributed by atoms with Crippen LogP contribution in [0.5, 0.6) is 0 Å². The largest absolute Gasteiger partial charge is 0.444 e. The van der Waals surface area contributed by atoms with Crippen molar-refractivity contribution in [3.63, 3.8) is 0 Å². The summed E-state index contributed by atoms with van der Waals surface area (Å²) in [5.41, 5.74) is -0.436. The van der Waals surface area contributed by atoms with Crippen LogP contribution in [0.2, 0.25) is 0 Å². The molecule has 0 fully saturated rings. The lowest BCUT2D eigenvalue weighted by Crippen LogP contribution is -2.34. The summed E-state index contributed by atoms with van der Waals surface area (Å²) in [6, 6.07) is 0.460. The highest BCUT2D eigenvalue weighted by Gasteiger charge is 2.16. The van der Waals surface area contributed by atoms with Gasteiger partial charge in [-0.3, -0.25) is 0 Å². The molecule has 5 heteroatoms. The number of hydrogen-bond acceptors (Lipinski definition) is 4. The lowest BCUT2D eigenvalue weighted by Gasteiger charge is -2.21. The van der Waals surface area contributed by atoms with E-state index in [1.807, 2.05) is 27.7 Å². The predicted molar refractivity (Wildman–Crippen MR) is 86.6 cm³/mol. The van der Waals surface area contributed by atoms with Gasteiger partial charge >= 0.3 is 6.09 Å². The smallest absolute Gasteiger partial charge is 0.407 e. The third-order valence-electron chi connectivity index (χ3n) is 3.00. The number of nitrogens with one attached hydrogen (secondary N) is 2. The van der Waals surface area contributed by atoms with Crippen molar-refractivity contribution in [3.05, 3.63) is 0 Å². The Morgan fingerprint density at radius 1 is 1.19 bits per heavy atom. The number of alkyl carbamates (subject to hydrolysis) is 1. The van der Waals surface area contributed by atoms with Crippen LogP contribution in [-0.4, -0.2) is 44.0 Å². The molecule has 0 aromatic carbocycles. The van der Waals surface area contributed by atoms with E-state index in [0.29, 0.717) is 18.5 Å². The van der Waals surface area contributed by atoms with Gasteiger partial charge in [-0.25, -0.2) is 4.79 Å². The van der Waals surface area contributed by atoms with Crippen molar-refractivity contribution in [2.75, 3.05) is 26.3 Å². The van der Waals surface area contributed by atoms with Gasteiger partial charge in [-0.2, -0.15) is 0 Å². The number of carbonyl (C=O) groups is 1. The molecule has 0 aliphatic rings. The van der Waals surface area contributed by atoms with E-state index < -0.39 is 5.60 Å². The van der Waals surface area contributed by atoms with Gasteiger partial charge in [-0.1, -0.05) is 6.92 Å². The molecular weight excluding hydrogens is 268 g/mol. The van der Waals surface area contributed by atoms with E-state index in [1.165, 1.54) is 0 Å². The maximum absolute atomic E-state index is 11.5. The van der Waals surface area contributed by atoms with Crippen LogP contribution in [0.1, 0.15) is 54.4 Å². The Labute approximate surface area is 130 Å². The Morgan fingerprint density at radius 2 is 1.86 bits per heavy atom. The maximum Gasteiger partial charge on any atom is 0.407 e. The fourth-order valence-corrected chi connectivity index (χ4v) is 2.06. The molecule has 0 heterocycles. The molecule has 0 aromatic rings. The van der Waals surface area contributed by atoms with Crippen LogP contribution in [0.4, 0.5) is 4.79 Å². The van der Waals surface area contributed by atoms with Crippen LogP contribution >= 0.6 is 0 Å². The quantitative estimate of drug-likeness (QED) is 0.609. The first-order chi connectivity index (χ1) is 9.74. The Balaban J connectivity index is 3.65. The van der Waals surface area contributed by atoms with Gasteiger partial charge < -0.3 is 20.1 Å². The molecule has 2 atom stereocenters. The summed E-state index contributed by atoms with van der Waals surface area (Å²) in [4.78, 5) is 11.5. The monoisotopic (exact) mass is 302 g/mol. The Morgan fingerprint density at radius 3 is 2.43 bits per heavy atom. The van der Waals surface area contributed by atoms with E-state index in [2.05, 4.69) is 24.5 Å². The van der Waals surface area contributed by atoms with Gasteiger partial charge in [0, 0.05) is 25.7 Å². The Hall–Kier alpha value is -0.810. The lowest BCUT2D eigenvalue weighted by molar-refractivity contribution is 0.0525. The molecule has 0 aliphatic heterocycles. The lowest BCUT2D eigenvalue weighted by atomic mass is 9.99. The molecule has 0 rings (SSSR count). The van der Waals surface area contributed by atoms with Crippen LogP contribution in [-0.2, 0) is 9.47 Å². The number of rotatable bonds is 10. The van der Waals surface area contributed by atoms with Gasteiger partial charge in [0.05, 0.1) is 6.61 Å². The second-order valence-electron chi connectivity index (χ2n) is 6.61. The predicted octanol–water partition coefficient (Wildman–Crippen LogP) is 2.94. The fraction of sp³-hybridized carbons (Fsp3) is 0.938. The summed E-state index contributed by atoms with van der Waals surface area (Å²) in [5.74, 6) is 0.550. The molecule has 0 spiro atoms. The van der Waals surface area contributed by atoms with Gasteiger partial charge in [0.1, 0.15) is 5.60 Å². The second-order valence-corrected chi connectivity index (χ2v) is 6.61. The maximum atomic E-state index is 11.5. The minimum absolute atomic E-state index is 0.336. The molecular formula is C16H34N2O3. The first kappa shape index (κ1) is 20.2. The molecule has 0 aromatic heterocycles. The molecule has 1 amide bonds. The van der Waals surface area contributed by atoms with E-state index in [9.17, 15) is 4.79 Å². The summed E-state index contributed by atoms with van der Waals surface area (Å²) < 4.78 is 10.5. The zero-order chi connectivity index (χ0) is 16.3. The first-order valence-electron chi connectivity index (χ1n) is 8.02. The number of ether oxygens (including phenoxy) is 2. The highest BCUT2D eigenvalue weighted by molar-refractivity contribution is 5.67. The fourth-order valence-electron chi connectivity index (χ4n) is 2.06. The van der Waals surface area contributed by atoms with Crippen LogP contribution in [0.25, 0.3) is 0 Å². The van der Waals surface area contributed by atoms with Crippen molar-refractivity contribution >= 4 is 6.09 Å². The third-order valence-corrected chi connectivity index (χ3v) is 3.00. The molecule has 0 bridgehead atoms. The molecule has 0 saturated carbocycles. The van der Waals surface area contributed by atoms with Crippen molar-refractivity contribution in [1.82, 2.24) is 10.6 Å². The summed E-state index contributed by atoms with van der Waals surface area (Å²) in [6.45, 7) is 15.1. The van der Waals surface area contributed by atoms with Gasteiger partial charge in [0.25, 0.3) is 0 Å². The highest BCUT2D eigenvalue weighted by Crippen LogP contribution is 2.10. The minimum Gasteiger partial charge on any atom is -0.444 e. The minimum atomic E-state index is -0.436. The Bertz CT molecular complexity index is 277. The van der Waals surface area contributed by atoms with Crippen molar-refractivity contribution in [1.29, 1.82) is 0 Å². The van der Waals surface area contributed by atoms with Gasteiger partial charge in [0.2, 0.25) is 0 Å². The van der Waals surface area contributed by atoms with E-state index in [0.717, 1.165) is 32.6 Å². The molecule has 2 N–H and O–H groups in total. The summed E-state index contributed by atoms with van der Waals surface area (Å²) in [7, 11) is 0. The standard InChI is InChI=1S/C16H34N2O3/c1-7-20-11-10-17-14(3)12-13(2)8-9-18-15(19)21-16(4,5)6/h13-14,17H,7-12H2,1-6H3,(H,18,19). The molecule has 0 saturated heterocycles. The summed E-state index contributed by atoms with van der Waals surface area (Å²) >= 11 is 0. The number of carbonyl (C=O) groups excluding carboxylic acids is 1. The SMILES string of the molecule is CCOCCNC(C)CC(C)CCNC(=O)OC(C)(C)C. The van der Waals surface area contributed by atoms with Crippen molar-refractivity contribution < 1.29 is 14.3 Å². The molecule has 0 aliphatic carbocycles.